The molecule has 1 aromatic heterocycles. The molecule has 0 N–H and O–H groups in total. The molecule has 1 heterocycles. The number of aromatic nitrogens is 1. The summed E-state index contributed by atoms with van der Waals surface area (Å²) < 4.78 is 2.21. The Morgan fingerprint density at radius 1 is 1.38 bits per heavy atom. The van der Waals surface area contributed by atoms with E-state index in [0.717, 1.165) is 6.42 Å². The lowest BCUT2D eigenvalue weighted by Gasteiger charge is -2.06. The van der Waals surface area contributed by atoms with Gasteiger partial charge in [-0.25, -0.2) is 0 Å². The van der Waals surface area contributed by atoms with Gasteiger partial charge in [-0.1, -0.05) is 18.2 Å². The normalized spacial score (nSPS) is 17.9. The summed E-state index contributed by atoms with van der Waals surface area (Å²) in [6, 6.07) is 2.18. The van der Waals surface area contributed by atoms with Crippen molar-refractivity contribution in [1.29, 1.82) is 0 Å². The Labute approximate surface area is 77.0 Å². The molecule has 0 bridgehead atoms. The van der Waals surface area contributed by atoms with Crippen LogP contribution in [0.4, 0.5) is 0 Å². The standard InChI is InChI=1S/C12H11N/c1-13-7-6-10-8-9-4-2-3-5-11(9)12(10)13/h2-4,6-8H,5H2,1H3. The number of allylic oxidation sites excluding steroid dienone is 4. The third-order valence-electron chi connectivity index (χ3n) is 2.78. The topological polar surface area (TPSA) is 4.93 Å². The fourth-order valence-electron chi connectivity index (χ4n) is 2.16. The monoisotopic (exact) mass is 169 g/mol. The first-order chi connectivity index (χ1) is 6.36. The molecule has 0 saturated carbocycles. The van der Waals surface area contributed by atoms with E-state index in [9.17, 15) is 0 Å². The molecule has 3 rings (SSSR count). The first kappa shape index (κ1) is 6.96. The minimum Gasteiger partial charge on any atom is -0.350 e. The molecule has 13 heavy (non-hydrogen) atoms. The van der Waals surface area contributed by atoms with Gasteiger partial charge in [0.05, 0.1) is 5.35 Å². The summed E-state index contributed by atoms with van der Waals surface area (Å²) >= 11 is 0. The van der Waals surface area contributed by atoms with Gasteiger partial charge >= 0.3 is 0 Å². The molecule has 0 fully saturated rings. The molecule has 0 amide bonds. The zero-order chi connectivity index (χ0) is 8.84. The first-order valence-electron chi connectivity index (χ1n) is 4.60. The van der Waals surface area contributed by atoms with Crippen LogP contribution in [0.5, 0.6) is 0 Å². The second kappa shape index (κ2) is 2.25. The van der Waals surface area contributed by atoms with E-state index in [4.69, 9.17) is 0 Å². The maximum atomic E-state index is 2.27. The molecule has 2 aliphatic rings. The van der Waals surface area contributed by atoms with E-state index in [1.165, 1.54) is 21.7 Å². The summed E-state index contributed by atoms with van der Waals surface area (Å²) in [7, 11) is 2.11. The maximum absolute atomic E-state index is 2.27. The Kier molecular flexibility index (Phi) is 1.21. The molecule has 1 heteroatoms. The highest BCUT2D eigenvalue weighted by atomic mass is 14.9. The van der Waals surface area contributed by atoms with Crippen LogP contribution in [0.1, 0.15) is 6.42 Å². The van der Waals surface area contributed by atoms with E-state index < -0.39 is 0 Å². The summed E-state index contributed by atoms with van der Waals surface area (Å²) in [6.07, 6.45) is 12.0. The maximum Gasteiger partial charge on any atom is 0.0519 e. The van der Waals surface area contributed by atoms with Crippen LogP contribution in [0.15, 0.2) is 36.1 Å². The van der Waals surface area contributed by atoms with Crippen LogP contribution < -0.4 is 10.6 Å². The van der Waals surface area contributed by atoms with Gasteiger partial charge in [-0.2, -0.15) is 0 Å². The number of aryl methyl sites for hydroxylation is 1. The van der Waals surface area contributed by atoms with Gasteiger partial charge in [-0.3, -0.25) is 0 Å². The Morgan fingerprint density at radius 3 is 3.23 bits per heavy atom. The van der Waals surface area contributed by atoms with Crippen molar-refractivity contribution in [3.8, 4) is 0 Å². The molecule has 0 saturated heterocycles. The van der Waals surface area contributed by atoms with Crippen LogP contribution >= 0.6 is 0 Å². The number of fused-ring (bicyclic) bond motifs is 2. The fraction of sp³-hybridized carbons (Fsp3) is 0.167. The zero-order valence-corrected chi connectivity index (χ0v) is 7.62. The van der Waals surface area contributed by atoms with Crippen molar-refractivity contribution in [3.05, 3.63) is 46.6 Å². The first-order valence-corrected chi connectivity index (χ1v) is 4.60. The molecular weight excluding hydrogens is 158 g/mol. The highest BCUT2D eigenvalue weighted by Gasteiger charge is 2.13. The van der Waals surface area contributed by atoms with Gasteiger partial charge < -0.3 is 4.57 Å². The Balaban J connectivity index is 2.48. The second-order valence-corrected chi connectivity index (χ2v) is 3.61. The van der Waals surface area contributed by atoms with E-state index >= 15 is 0 Å². The van der Waals surface area contributed by atoms with Gasteiger partial charge in [-0.05, 0) is 29.7 Å². The Hall–Kier alpha value is -1.50. The van der Waals surface area contributed by atoms with Crippen molar-refractivity contribution in [1.82, 2.24) is 4.57 Å². The average molecular weight is 169 g/mol. The van der Waals surface area contributed by atoms with Crippen molar-refractivity contribution in [2.45, 2.75) is 6.42 Å². The second-order valence-electron chi connectivity index (χ2n) is 3.61. The van der Waals surface area contributed by atoms with Crippen LogP contribution in [-0.2, 0) is 7.05 Å². The van der Waals surface area contributed by atoms with Crippen LogP contribution in [-0.4, -0.2) is 4.57 Å². The highest BCUT2D eigenvalue weighted by Crippen LogP contribution is 2.22. The number of rotatable bonds is 0. The average Bonchev–Trinajstić information content (AvgIpc) is 2.66. The van der Waals surface area contributed by atoms with Gasteiger partial charge in [0, 0.05) is 18.5 Å². The molecule has 0 radical (unpaired) electrons. The quantitative estimate of drug-likeness (QED) is 0.543. The van der Waals surface area contributed by atoms with Gasteiger partial charge in [0.15, 0.2) is 0 Å². The van der Waals surface area contributed by atoms with Crippen LogP contribution in [0, 0.1) is 0 Å². The number of nitrogens with zero attached hydrogens (tertiary/aromatic N) is 1. The summed E-state index contributed by atoms with van der Waals surface area (Å²) in [6.45, 7) is 0. The Bertz CT molecular complexity index is 538. The molecule has 64 valence electrons. The third-order valence-corrected chi connectivity index (χ3v) is 2.78. The van der Waals surface area contributed by atoms with Crippen molar-refractivity contribution < 1.29 is 0 Å². The van der Waals surface area contributed by atoms with E-state index in [-0.39, 0.29) is 0 Å². The summed E-state index contributed by atoms with van der Waals surface area (Å²) in [5.74, 6) is 0. The highest BCUT2D eigenvalue weighted by molar-refractivity contribution is 5.83. The molecule has 0 unspecified atom stereocenters. The van der Waals surface area contributed by atoms with E-state index in [1.54, 1.807) is 0 Å². The van der Waals surface area contributed by atoms with Crippen LogP contribution in [0.2, 0.25) is 0 Å². The Morgan fingerprint density at radius 2 is 2.31 bits per heavy atom. The zero-order valence-electron chi connectivity index (χ0n) is 7.62. The van der Waals surface area contributed by atoms with Crippen molar-refractivity contribution in [2.24, 2.45) is 7.05 Å². The van der Waals surface area contributed by atoms with Crippen LogP contribution in [0.3, 0.4) is 0 Å². The predicted octanol–water partition coefficient (Wildman–Crippen LogP) is 0.856. The van der Waals surface area contributed by atoms with Gasteiger partial charge in [-0.15, -0.1) is 0 Å². The molecule has 0 aromatic carbocycles. The molecule has 0 spiro atoms. The van der Waals surface area contributed by atoms with Gasteiger partial charge in [0.1, 0.15) is 0 Å². The van der Waals surface area contributed by atoms with Gasteiger partial charge in [0.25, 0.3) is 0 Å². The van der Waals surface area contributed by atoms with E-state index in [2.05, 4.69) is 48.2 Å². The molecule has 1 aromatic rings. The number of hydrogen-bond donors (Lipinski definition) is 0. The molecule has 0 aliphatic heterocycles. The molecular formula is C12H11N. The summed E-state index contributed by atoms with van der Waals surface area (Å²) in [4.78, 5) is 0. The lowest BCUT2D eigenvalue weighted by atomic mass is 10.0. The number of hydrogen-bond acceptors (Lipinski definition) is 0. The third kappa shape index (κ3) is 0.816. The SMILES string of the molecule is Cn1ccc2c1=C1CC=CC=C1C=2. The van der Waals surface area contributed by atoms with Crippen molar-refractivity contribution in [2.75, 3.05) is 0 Å². The summed E-state index contributed by atoms with van der Waals surface area (Å²) in [5, 5.41) is 2.77. The minimum absolute atomic E-state index is 1.08. The summed E-state index contributed by atoms with van der Waals surface area (Å²) in [5.41, 5.74) is 2.87. The molecule has 0 atom stereocenters. The lowest BCUT2D eigenvalue weighted by molar-refractivity contribution is 0.883. The predicted molar refractivity (Wildman–Crippen MR) is 54.4 cm³/mol. The van der Waals surface area contributed by atoms with Gasteiger partial charge in [0.2, 0.25) is 0 Å². The van der Waals surface area contributed by atoms with E-state index in [0.29, 0.717) is 0 Å². The fourth-order valence-corrected chi connectivity index (χ4v) is 2.16. The lowest BCUT2D eigenvalue weighted by Crippen LogP contribution is -2.26. The largest absolute Gasteiger partial charge is 0.350 e. The minimum atomic E-state index is 1.08. The van der Waals surface area contributed by atoms with Crippen molar-refractivity contribution >= 4 is 11.6 Å². The smallest absolute Gasteiger partial charge is 0.0519 e. The van der Waals surface area contributed by atoms with Crippen LogP contribution in [0.25, 0.3) is 11.6 Å². The van der Waals surface area contributed by atoms with E-state index in [1.807, 2.05) is 0 Å². The van der Waals surface area contributed by atoms with Crippen molar-refractivity contribution in [3.63, 3.8) is 0 Å². The molecule has 2 aliphatic carbocycles. The molecule has 1 nitrogen and oxygen atoms in total.